The van der Waals surface area contributed by atoms with Crippen molar-refractivity contribution in [2.75, 3.05) is 27.2 Å². The summed E-state index contributed by atoms with van der Waals surface area (Å²) in [6.45, 7) is 22.1. The van der Waals surface area contributed by atoms with Crippen molar-refractivity contribution in [2.45, 2.75) is 52.7 Å². The van der Waals surface area contributed by atoms with Crippen LogP contribution in [0.2, 0.25) is 0 Å². The van der Waals surface area contributed by atoms with E-state index in [1.807, 2.05) is 19.9 Å². The van der Waals surface area contributed by atoms with Crippen molar-refractivity contribution in [3.05, 3.63) is 71.9 Å². The number of hydrogen-bond acceptors (Lipinski definition) is 7. The molecule has 1 saturated carbocycles. The lowest BCUT2D eigenvalue weighted by atomic mass is 9.92. The molecule has 6 N–H and O–H groups in total. The molecule has 1 saturated heterocycles. The van der Waals surface area contributed by atoms with Crippen LogP contribution in [0.25, 0.3) is 0 Å². The number of carbonyl (C=O) groups is 2. The largest absolute Gasteiger partial charge is 0.387 e. The summed E-state index contributed by atoms with van der Waals surface area (Å²) < 4.78 is 0. The number of hydrogen-bond donors (Lipinski definition) is 5. The fourth-order valence-electron chi connectivity index (χ4n) is 5.23. The quantitative estimate of drug-likeness (QED) is 0.147. The zero-order valence-corrected chi connectivity index (χ0v) is 24.5. The number of aliphatic hydroxyl groups is 1. The van der Waals surface area contributed by atoms with E-state index in [0.29, 0.717) is 36.0 Å². The Morgan fingerprint density at radius 3 is 2.28 bits per heavy atom. The molecule has 1 aliphatic carbocycles. The van der Waals surface area contributed by atoms with Gasteiger partial charge in [-0.05, 0) is 69.1 Å². The van der Waals surface area contributed by atoms with Crippen LogP contribution in [0.15, 0.2) is 76.9 Å². The Hall–Kier alpha value is -3.59. The zero-order chi connectivity index (χ0) is 29.7. The molecule has 2 aliphatic rings. The van der Waals surface area contributed by atoms with Crippen LogP contribution in [0.4, 0.5) is 0 Å². The van der Waals surface area contributed by atoms with Crippen LogP contribution in [0.3, 0.4) is 0 Å². The number of aliphatic imine (C=N–C) groups is 1. The van der Waals surface area contributed by atoms with Gasteiger partial charge in [0.25, 0.3) is 11.8 Å². The molecular formula is C30H46N6O3. The molecule has 0 aromatic heterocycles. The molecule has 0 aromatic carbocycles. The fraction of sp³-hybridized carbons (Fsp3) is 0.500. The van der Waals surface area contributed by atoms with Gasteiger partial charge in [0.1, 0.15) is 5.60 Å². The van der Waals surface area contributed by atoms with Crippen molar-refractivity contribution in [2.24, 2.45) is 28.5 Å². The van der Waals surface area contributed by atoms with Gasteiger partial charge in [0.15, 0.2) is 0 Å². The van der Waals surface area contributed by atoms with Crippen LogP contribution < -0.4 is 21.7 Å². The molecule has 1 heterocycles. The molecular weight excluding hydrogens is 492 g/mol. The van der Waals surface area contributed by atoms with Crippen molar-refractivity contribution >= 4 is 17.5 Å². The van der Waals surface area contributed by atoms with Crippen molar-refractivity contribution in [3.8, 4) is 0 Å². The molecule has 1 unspecified atom stereocenters. The highest BCUT2D eigenvalue weighted by Crippen LogP contribution is 2.43. The Kier molecular flexibility index (Phi) is 10.5. The van der Waals surface area contributed by atoms with Gasteiger partial charge in [0, 0.05) is 45.1 Å². The van der Waals surface area contributed by atoms with Gasteiger partial charge in [-0.25, -0.2) is 0 Å². The summed E-state index contributed by atoms with van der Waals surface area (Å²) in [5.41, 5.74) is 8.86. The van der Waals surface area contributed by atoms with Crippen molar-refractivity contribution in [1.29, 1.82) is 0 Å². The topological polar surface area (TPSA) is 132 Å². The molecule has 9 nitrogen and oxygen atoms in total. The molecule has 2 amide bonds. The Balaban J connectivity index is 2.34. The SMILES string of the molecule is C=C/C(C(N)=O)=C(N[C@@H]1CC2CN(C(=O)C(C)(C)O)C[C@@H]2[C@H]1C)\C(=C\C(=C)/C(C)=C/N=C(C)C(=C)NC)NC. The van der Waals surface area contributed by atoms with Gasteiger partial charge in [-0.2, -0.15) is 0 Å². The average molecular weight is 539 g/mol. The number of likely N-dealkylation sites (tertiary alicyclic amines) is 1. The van der Waals surface area contributed by atoms with Crippen LogP contribution in [0.1, 0.15) is 41.0 Å². The van der Waals surface area contributed by atoms with E-state index in [9.17, 15) is 14.7 Å². The molecule has 2 fully saturated rings. The molecule has 1 aliphatic heterocycles. The van der Waals surface area contributed by atoms with E-state index in [4.69, 9.17) is 5.73 Å². The number of carbonyl (C=O) groups excluding carboxylic acids is 2. The molecule has 2 rings (SSSR count). The smallest absolute Gasteiger partial charge is 0.253 e. The first-order valence-electron chi connectivity index (χ1n) is 13.3. The molecule has 0 spiro atoms. The Morgan fingerprint density at radius 2 is 1.79 bits per heavy atom. The minimum absolute atomic E-state index is 0.0464. The molecule has 0 aromatic rings. The summed E-state index contributed by atoms with van der Waals surface area (Å²) in [6, 6.07) is 0.0464. The number of fused-ring (bicyclic) bond motifs is 1. The zero-order valence-electron chi connectivity index (χ0n) is 24.5. The van der Waals surface area contributed by atoms with Gasteiger partial charge >= 0.3 is 0 Å². The minimum atomic E-state index is -1.39. The van der Waals surface area contributed by atoms with E-state index >= 15 is 0 Å². The third kappa shape index (κ3) is 7.50. The number of primary amides is 1. The maximum absolute atomic E-state index is 12.6. The first-order valence-corrected chi connectivity index (χ1v) is 13.3. The number of likely N-dealkylation sites (N-methyl/N-ethyl adjacent to an activating group) is 1. The lowest BCUT2D eigenvalue weighted by Crippen LogP contribution is -2.45. The van der Waals surface area contributed by atoms with Crippen LogP contribution in [-0.4, -0.2) is 66.4 Å². The molecule has 0 radical (unpaired) electrons. The lowest BCUT2D eigenvalue weighted by Gasteiger charge is -2.29. The van der Waals surface area contributed by atoms with Gasteiger partial charge in [-0.3, -0.25) is 14.6 Å². The lowest BCUT2D eigenvalue weighted by molar-refractivity contribution is -0.147. The second-order valence-electron chi connectivity index (χ2n) is 11.0. The highest BCUT2D eigenvalue weighted by molar-refractivity contribution is 5.97. The van der Waals surface area contributed by atoms with Crippen molar-refractivity contribution in [3.63, 3.8) is 0 Å². The van der Waals surface area contributed by atoms with E-state index < -0.39 is 11.5 Å². The second-order valence-corrected chi connectivity index (χ2v) is 11.0. The van der Waals surface area contributed by atoms with E-state index in [2.05, 4.69) is 47.6 Å². The van der Waals surface area contributed by atoms with E-state index in [1.54, 1.807) is 25.2 Å². The standard InChI is InChI=1S/C30H46N6O3/c1-11-23(28(31)37)27(26(33-10)12-17(2)18(3)14-34-21(6)20(5)32-9)35-25-13-22-15-36(16-24(22)19(25)4)29(38)30(7,8)39/h11-12,14,19,22,24-25,32-33,35,39H,1-2,5,13,15-16H2,3-4,6-10H3,(H2,31,37)/b18-14+,26-12-,27-23-,34-21?/t19-,22?,24-,25-/m1/s1. The predicted molar refractivity (Wildman–Crippen MR) is 158 cm³/mol. The van der Waals surface area contributed by atoms with Crippen LogP contribution >= 0.6 is 0 Å². The van der Waals surface area contributed by atoms with Gasteiger partial charge in [-0.15, -0.1) is 0 Å². The molecule has 0 bridgehead atoms. The summed E-state index contributed by atoms with van der Waals surface area (Å²) in [7, 11) is 3.56. The number of nitrogens with two attached hydrogens (primary N) is 1. The van der Waals surface area contributed by atoms with Crippen LogP contribution in [0, 0.1) is 17.8 Å². The summed E-state index contributed by atoms with van der Waals surface area (Å²) in [5.74, 6) is -0.0453. The van der Waals surface area contributed by atoms with Crippen LogP contribution in [-0.2, 0) is 9.59 Å². The fourth-order valence-corrected chi connectivity index (χ4v) is 5.23. The third-order valence-electron chi connectivity index (χ3n) is 7.79. The van der Waals surface area contributed by atoms with Crippen LogP contribution in [0.5, 0.6) is 0 Å². The molecule has 39 heavy (non-hydrogen) atoms. The van der Waals surface area contributed by atoms with E-state index in [1.165, 1.54) is 19.9 Å². The highest BCUT2D eigenvalue weighted by atomic mass is 16.3. The van der Waals surface area contributed by atoms with Gasteiger partial charge in [0.05, 0.1) is 22.7 Å². The Bertz CT molecular complexity index is 1140. The number of amides is 2. The summed E-state index contributed by atoms with van der Waals surface area (Å²) in [4.78, 5) is 31.3. The summed E-state index contributed by atoms with van der Waals surface area (Å²) >= 11 is 0. The number of allylic oxidation sites excluding steroid dienone is 4. The van der Waals surface area contributed by atoms with Crippen molar-refractivity contribution < 1.29 is 14.7 Å². The summed E-state index contributed by atoms with van der Waals surface area (Å²) in [6.07, 6.45) is 5.85. The normalized spacial score (nSPS) is 24.5. The number of nitrogens with zero attached hydrogens (tertiary/aromatic N) is 2. The minimum Gasteiger partial charge on any atom is -0.387 e. The highest BCUT2D eigenvalue weighted by Gasteiger charge is 2.48. The second kappa shape index (κ2) is 13.0. The van der Waals surface area contributed by atoms with Gasteiger partial charge in [0.2, 0.25) is 0 Å². The number of rotatable bonds is 12. The maximum atomic E-state index is 12.6. The predicted octanol–water partition coefficient (Wildman–Crippen LogP) is 2.51. The number of nitrogens with one attached hydrogen (secondary N) is 3. The maximum Gasteiger partial charge on any atom is 0.253 e. The Morgan fingerprint density at radius 1 is 1.15 bits per heavy atom. The first-order chi connectivity index (χ1) is 18.2. The Labute approximate surface area is 233 Å². The van der Waals surface area contributed by atoms with E-state index in [0.717, 1.165) is 23.4 Å². The molecule has 4 atom stereocenters. The third-order valence-corrected chi connectivity index (χ3v) is 7.79. The average Bonchev–Trinajstić information content (AvgIpc) is 3.42. The molecule has 214 valence electrons. The molecule has 9 heteroatoms. The van der Waals surface area contributed by atoms with Gasteiger partial charge in [-0.1, -0.05) is 32.7 Å². The van der Waals surface area contributed by atoms with Crippen molar-refractivity contribution in [1.82, 2.24) is 20.9 Å². The monoisotopic (exact) mass is 538 g/mol. The summed E-state index contributed by atoms with van der Waals surface area (Å²) in [5, 5.41) is 19.9. The van der Waals surface area contributed by atoms with Gasteiger partial charge < -0.3 is 31.7 Å². The first kappa shape index (κ1) is 31.6. The van der Waals surface area contributed by atoms with E-state index in [-0.39, 0.29) is 29.4 Å².